The number of hydrogen-bond donors (Lipinski definition) is 2. The number of nitrogens with zero attached hydrogens (tertiary/aromatic N) is 2. The van der Waals surface area contributed by atoms with Gasteiger partial charge in [-0.2, -0.15) is 0 Å². The number of rotatable bonds is 4. The highest BCUT2D eigenvalue weighted by molar-refractivity contribution is 6.10. The molecule has 0 aliphatic carbocycles. The summed E-state index contributed by atoms with van der Waals surface area (Å²) in [5.74, 6) is 1.33. The Morgan fingerprint density at radius 1 is 1.00 bits per heavy atom. The molecule has 0 spiro atoms. The molecule has 154 valence electrons. The molecule has 2 heterocycles. The van der Waals surface area contributed by atoms with Gasteiger partial charge in [0.25, 0.3) is 5.91 Å². The van der Waals surface area contributed by atoms with Crippen LogP contribution in [-0.4, -0.2) is 22.6 Å². The summed E-state index contributed by atoms with van der Waals surface area (Å²) in [7, 11) is 1.64. The molecule has 0 bridgehead atoms. The van der Waals surface area contributed by atoms with E-state index in [-0.39, 0.29) is 11.9 Å². The molecule has 1 aromatic heterocycles. The van der Waals surface area contributed by atoms with Crippen molar-refractivity contribution in [2.24, 2.45) is 0 Å². The molecular formula is C25H22N4O2. The predicted octanol–water partition coefficient (Wildman–Crippen LogP) is 5.08. The van der Waals surface area contributed by atoms with Crippen LogP contribution < -0.4 is 15.4 Å². The number of hydrogen-bond acceptors (Lipinski definition) is 4. The van der Waals surface area contributed by atoms with E-state index in [9.17, 15) is 4.79 Å². The van der Waals surface area contributed by atoms with Gasteiger partial charge in [0, 0.05) is 11.4 Å². The third-order valence-corrected chi connectivity index (χ3v) is 5.57. The Morgan fingerprint density at radius 3 is 2.45 bits per heavy atom. The van der Waals surface area contributed by atoms with E-state index in [1.54, 1.807) is 7.11 Å². The number of carbonyl (C=O) groups excluding carboxylic acids is 1. The predicted molar refractivity (Wildman–Crippen MR) is 123 cm³/mol. The van der Waals surface area contributed by atoms with Gasteiger partial charge in [-0.25, -0.2) is 4.98 Å². The van der Waals surface area contributed by atoms with Gasteiger partial charge in [0.15, 0.2) is 0 Å². The van der Waals surface area contributed by atoms with Crippen LogP contribution >= 0.6 is 0 Å². The third-order valence-electron chi connectivity index (χ3n) is 5.57. The molecule has 1 amide bonds. The van der Waals surface area contributed by atoms with Gasteiger partial charge in [-0.15, -0.1) is 0 Å². The van der Waals surface area contributed by atoms with Crippen molar-refractivity contribution in [1.29, 1.82) is 0 Å². The van der Waals surface area contributed by atoms with Gasteiger partial charge in [0.2, 0.25) is 5.95 Å². The van der Waals surface area contributed by atoms with Gasteiger partial charge in [0.05, 0.1) is 29.8 Å². The van der Waals surface area contributed by atoms with E-state index in [4.69, 9.17) is 9.72 Å². The van der Waals surface area contributed by atoms with Crippen molar-refractivity contribution >= 4 is 34.3 Å². The summed E-state index contributed by atoms with van der Waals surface area (Å²) in [6, 6.07) is 24.8. The molecule has 1 aliphatic heterocycles. The Hall–Kier alpha value is -4.06. The first-order valence-corrected chi connectivity index (χ1v) is 10.1. The van der Waals surface area contributed by atoms with Gasteiger partial charge in [0.1, 0.15) is 5.75 Å². The van der Waals surface area contributed by atoms with Crippen molar-refractivity contribution in [3.63, 3.8) is 0 Å². The largest absolute Gasteiger partial charge is 0.497 e. The van der Waals surface area contributed by atoms with Crippen molar-refractivity contribution in [2.45, 2.75) is 13.0 Å². The Labute approximate surface area is 180 Å². The average Bonchev–Trinajstić information content (AvgIpc) is 3.18. The SMILES string of the molecule is COc1ccc([C@@H]2Nc3nc4ccccc4n3C(C)=C2C(=O)Nc2ccccc2)cc1. The minimum Gasteiger partial charge on any atom is -0.497 e. The fourth-order valence-corrected chi connectivity index (χ4v) is 4.05. The highest BCUT2D eigenvalue weighted by Crippen LogP contribution is 2.39. The van der Waals surface area contributed by atoms with Crippen molar-refractivity contribution in [3.8, 4) is 5.75 Å². The van der Waals surface area contributed by atoms with E-state index < -0.39 is 0 Å². The normalized spacial score (nSPS) is 15.4. The number of aromatic nitrogens is 2. The number of fused-ring (bicyclic) bond motifs is 3. The standard InChI is InChI=1S/C25H22N4O2/c1-16-22(24(30)26-18-8-4-3-5-9-18)23(17-12-14-19(31-2)15-13-17)28-25-27-20-10-6-7-11-21(20)29(16)25/h3-15,23H,1-2H3,(H,26,30)(H,27,28)/t23-/m0/s1. The van der Waals surface area contributed by atoms with E-state index in [0.29, 0.717) is 5.57 Å². The lowest BCUT2D eigenvalue weighted by Gasteiger charge is -2.30. The summed E-state index contributed by atoms with van der Waals surface area (Å²) in [6.07, 6.45) is 0. The molecule has 1 atom stereocenters. The summed E-state index contributed by atoms with van der Waals surface area (Å²) >= 11 is 0. The second-order valence-corrected chi connectivity index (χ2v) is 7.43. The fourth-order valence-electron chi connectivity index (χ4n) is 4.05. The zero-order valence-corrected chi connectivity index (χ0v) is 17.3. The highest BCUT2D eigenvalue weighted by Gasteiger charge is 2.32. The molecule has 3 aromatic carbocycles. The maximum absolute atomic E-state index is 13.5. The minimum atomic E-state index is -0.348. The Balaban J connectivity index is 1.64. The van der Waals surface area contributed by atoms with Crippen LogP contribution in [0.25, 0.3) is 16.7 Å². The Kier molecular flexibility index (Phi) is 4.67. The van der Waals surface area contributed by atoms with Crippen LogP contribution in [0.1, 0.15) is 18.5 Å². The monoisotopic (exact) mass is 410 g/mol. The second-order valence-electron chi connectivity index (χ2n) is 7.43. The summed E-state index contributed by atoms with van der Waals surface area (Å²) in [5.41, 5.74) is 5.03. The Bertz CT molecular complexity index is 1290. The number of amides is 1. The number of anilines is 2. The smallest absolute Gasteiger partial charge is 0.255 e. The quantitative estimate of drug-likeness (QED) is 0.492. The minimum absolute atomic E-state index is 0.152. The molecule has 6 heteroatoms. The van der Waals surface area contributed by atoms with Crippen LogP contribution in [0.4, 0.5) is 11.6 Å². The Morgan fingerprint density at radius 2 is 1.71 bits per heavy atom. The van der Waals surface area contributed by atoms with Gasteiger partial charge in [-0.05, 0) is 48.9 Å². The van der Waals surface area contributed by atoms with Crippen LogP contribution in [0.2, 0.25) is 0 Å². The summed E-state index contributed by atoms with van der Waals surface area (Å²) in [4.78, 5) is 18.2. The fraction of sp³-hybridized carbons (Fsp3) is 0.120. The van der Waals surface area contributed by atoms with Crippen LogP contribution in [0.5, 0.6) is 5.75 Å². The molecule has 2 N–H and O–H groups in total. The average molecular weight is 410 g/mol. The van der Waals surface area contributed by atoms with Gasteiger partial charge in [-0.1, -0.05) is 42.5 Å². The maximum atomic E-state index is 13.5. The number of carbonyl (C=O) groups is 1. The highest BCUT2D eigenvalue weighted by atomic mass is 16.5. The molecule has 4 aromatic rings. The van der Waals surface area contributed by atoms with E-state index >= 15 is 0 Å². The molecular weight excluding hydrogens is 388 g/mol. The summed E-state index contributed by atoms with van der Waals surface area (Å²) in [5, 5.41) is 6.52. The van der Waals surface area contributed by atoms with E-state index in [1.165, 1.54) is 0 Å². The molecule has 0 fully saturated rings. The van der Waals surface area contributed by atoms with Crippen molar-refractivity contribution < 1.29 is 9.53 Å². The summed E-state index contributed by atoms with van der Waals surface area (Å²) in [6.45, 7) is 1.97. The molecule has 31 heavy (non-hydrogen) atoms. The molecule has 0 unspecified atom stereocenters. The lowest BCUT2D eigenvalue weighted by atomic mass is 9.94. The molecule has 0 saturated heterocycles. The van der Waals surface area contributed by atoms with Crippen molar-refractivity contribution in [2.75, 3.05) is 17.7 Å². The number of methoxy groups -OCH3 is 1. The van der Waals surface area contributed by atoms with Crippen molar-refractivity contribution in [3.05, 3.63) is 90.0 Å². The molecule has 0 saturated carbocycles. The zero-order chi connectivity index (χ0) is 21.4. The van der Waals surface area contributed by atoms with E-state index in [0.717, 1.165) is 39.7 Å². The molecule has 1 aliphatic rings. The van der Waals surface area contributed by atoms with E-state index in [1.807, 2.05) is 90.4 Å². The molecule has 5 rings (SSSR count). The number of ether oxygens (including phenoxy) is 1. The van der Waals surface area contributed by atoms with Gasteiger partial charge >= 0.3 is 0 Å². The summed E-state index contributed by atoms with van der Waals surface area (Å²) < 4.78 is 7.31. The van der Waals surface area contributed by atoms with E-state index in [2.05, 4.69) is 10.6 Å². The van der Waals surface area contributed by atoms with Crippen LogP contribution in [0.15, 0.2) is 84.4 Å². The number of allylic oxidation sites excluding steroid dienone is 1. The molecule has 6 nitrogen and oxygen atoms in total. The zero-order valence-electron chi connectivity index (χ0n) is 17.3. The third kappa shape index (κ3) is 3.32. The second kappa shape index (κ2) is 7.65. The van der Waals surface area contributed by atoms with Crippen LogP contribution in [0.3, 0.4) is 0 Å². The first-order chi connectivity index (χ1) is 15.2. The lowest BCUT2D eigenvalue weighted by molar-refractivity contribution is -0.113. The number of benzene rings is 3. The topological polar surface area (TPSA) is 68.2 Å². The van der Waals surface area contributed by atoms with Crippen LogP contribution in [0, 0.1) is 0 Å². The first-order valence-electron chi connectivity index (χ1n) is 10.1. The lowest BCUT2D eigenvalue weighted by Crippen LogP contribution is -2.30. The maximum Gasteiger partial charge on any atom is 0.255 e. The number of para-hydroxylation sites is 3. The van der Waals surface area contributed by atoms with Crippen LogP contribution in [-0.2, 0) is 4.79 Å². The van der Waals surface area contributed by atoms with Crippen molar-refractivity contribution in [1.82, 2.24) is 9.55 Å². The van der Waals surface area contributed by atoms with Gasteiger partial charge < -0.3 is 15.4 Å². The number of imidazole rings is 1. The first kappa shape index (κ1) is 18.9. The van der Waals surface area contributed by atoms with Gasteiger partial charge in [-0.3, -0.25) is 9.36 Å². The molecule has 0 radical (unpaired) electrons. The number of nitrogens with one attached hydrogen (secondary N) is 2.